The summed E-state index contributed by atoms with van der Waals surface area (Å²) in [6.45, 7) is 4.16. The zero-order chi connectivity index (χ0) is 31.5. The molecule has 2 heterocycles. The van der Waals surface area contributed by atoms with Crippen LogP contribution >= 0.6 is 0 Å². The van der Waals surface area contributed by atoms with Crippen LogP contribution in [0.3, 0.4) is 0 Å². The Morgan fingerprint density at radius 2 is 1.55 bits per heavy atom. The van der Waals surface area contributed by atoms with Crippen LogP contribution in [0.4, 0.5) is 27.6 Å². The highest BCUT2D eigenvalue weighted by Gasteiger charge is 2.40. The zero-order valence-corrected chi connectivity index (χ0v) is 24.2. The summed E-state index contributed by atoms with van der Waals surface area (Å²) >= 11 is 0. The molecular weight excluding hydrogens is 587 g/mol. The van der Waals surface area contributed by atoms with E-state index in [2.05, 4.69) is 17.1 Å². The van der Waals surface area contributed by atoms with Crippen molar-refractivity contribution in [2.45, 2.75) is 50.9 Å². The van der Waals surface area contributed by atoms with Gasteiger partial charge in [0.05, 0.1) is 25.4 Å². The molecule has 1 amide bonds. The van der Waals surface area contributed by atoms with Gasteiger partial charge in [0.1, 0.15) is 5.56 Å². The van der Waals surface area contributed by atoms with Crippen LogP contribution in [0.2, 0.25) is 0 Å². The van der Waals surface area contributed by atoms with Gasteiger partial charge in [0.15, 0.2) is 29.6 Å². The van der Waals surface area contributed by atoms with Gasteiger partial charge in [0.25, 0.3) is 5.91 Å². The molecule has 5 rings (SSSR count). The van der Waals surface area contributed by atoms with E-state index < -0.39 is 46.8 Å². The first-order valence-electron chi connectivity index (χ1n) is 14.3. The molecule has 0 radical (unpaired) electrons. The average molecular weight is 621 g/mol. The monoisotopic (exact) mass is 620 g/mol. The molecule has 2 fully saturated rings. The molecule has 2 N–H and O–H groups in total. The fourth-order valence-corrected chi connectivity index (χ4v) is 5.80. The van der Waals surface area contributed by atoms with Gasteiger partial charge in [0, 0.05) is 36.9 Å². The molecule has 3 aromatic rings. The number of anilines is 1. The van der Waals surface area contributed by atoms with Crippen molar-refractivity contribution in [1.29, 1.82) is 0 Å². The van der Waals surface area contributed by atoms with Crippen LogP contribution in [0.25, 0.3) is 0 Å². The molecule has 44 heavy (non-hydrogen) atoms. The Labute approximate surface area is 251 Å². The van der Waals surface area contributed by atoms with Crippen LogP contribution in [0.1, 0.15) is 59.2 Å². The number of carbonyl (C=O) groups excluding carboxylic acids is 1. The molecule has 2 aliphatic heterocycles. The molecule has 0 spiro atoms. The average Bonchev–Trinajstić information content (AvgIpc) is 3.47. The minimum Gasteiger partial charge on any atom is -0.392 e. The van der Waals surface area contributed by atoms with Crippen molar-refractivity contribution in [3.63, 3.8) is 0 Å². The quantitative estimate of drug-likeness (QED) is 0.173. The summed E-state index contributed by atoms with van der Waals surface area (Å²) in [5.74, 6) is -12.7. The molecule has 3 aromatic carbocycles. The second-order valence-electron chi connectivity index (χ2n) is 11.1. The van der Waals surface area contributed by atoms with Crippen molar-refractivity contribution in [2.24, 2.45) is 5.92 Å². The lowest BCUT2D eigenvalue weighted by atomic mass is 9.90. The number of aliphatic hydroxyl groups is 1. The molecule has 12 heteroatoms. The van der Waals surface area contributed by atoms with Crippen molar-refractivity contribution in [1.82, 2.24) is 4.90 Å². The summed E-state index contributed by atoms with van der Waals surface area (Å²) in [5.41, 5.74) is 0.742. The molecule has 236 valence electrons. The van der Waals surface area contributed by atoms with Gasteiger partial charge < -0.3 is 24.6 Å². The number of aliphatic hydroxyl groups excluding tert-OH is 1. The van der Waals surface area contributed by atoms with Crippen LogP contribution in [-0.4, -0.2) is 54.9 Å². The topological polar surface area (TPSA) is 80.3 Å². The van der Waals surface area contributed by atoms with E-state index in [9.17, 15) is 31.9 Å². The summed E-state index contributed by atoms with van der Waals surface area (Å²) in [7, 11) is 1.68. The fourth-order valence-electron chi connectivity index (χ4n) is 5.80. The number of benzene rings is 3. The Bertz CT molecular complexity index is 1440. The Morgan fingerprint density at radius 1 is 0.932 bits per heavy atom. The highest BCUT2D eigenvalue weighted by molar-refractivity contribution is 6.04. The van der Waals surface area contributed by atoms with E-state index >= 15 is 0 Å². The summed E-state index contributed by atoms with van der Waals surface area (Å²) in [6, 6.07) is 13.8. The Kier molecular flexibility index (Phi) is 9.96. The number of likely N-dealkylation sites (tertiary alicyclic amines) is 1. The highest BCUT2D eigenvalue weighted by Crippen LogP contribution is 2.42. The van der Waals surface area contributed by atoms with E-state index in [-0.39, 0.29) is 36.5 Å². The van der Waals surface area contributed by atoms with Crippen LogP contribution in [0.15, 0.2) is 48.5 Å². The number of hydrogen-bond acceptors (Lipinski definition) is 6. The van der Waals surface area contributed by atoms with Crippen molar-refractivity contribution >= 4 is 11.6 Å². The minimum absolute atomic E-state index is 0.0464. The molecule has 2 saturated heterocycles. The third kappa shape index (κ3) is 6.50. The number of hydrogen-bond donors (Lipinski definition) is 2. The largest absolute Gasteiger partial charge is 0.392 e. The van der Waals surface area contributed by atoms with Crippen molar-refractivity contribution in [3.8, 4) is 0 Å². The Hall–Kier alpha value is -3.42. The first kappa shape index (κ1) is 32.0. The number of ether oxygens (including phenoxy) is 3. The lowest BCUT2D eigenvalue weighted by Crippen LogP contribution is -2.46. The van der Waals surface area contributed by atoms with Crippen LogP contribution in [0, 0.1) is 35.0 Å². The van der Waals surface area contributed by atoms with E-state index in [1.54, 1.807) is 19.2 Å². The Balaban J connectivity index is 1.37. The van der Waals surface area contributed by atoms with E-state index in [1.165, 1.54) is 12.1 Å². The third-order valence-electron chi connectivity index (χ3n) is 8.27. The van der Waals surface area contributed by atoms with Gasteiger partial charge >= 0.3 is 0 Å². The predicted molar refractivity (Wildman–Crippen MR) is 150 cm³/mol. The molecule has 0 saturated carbocycles. The molecule has 5 atom stereocenters. The SMILES string of the molecule is COCC1CCCN1CC1OC(c2ccc(NC(=O)c3c(F)c(F)c(F)c(F)c3F)cc2)OC(c2ccc(CO)cc2)C1C. The lowest BCUT2D eigenvalue weighted by molar-refractivity contribution is -0.276. The maximum absolute atomic E-state index is 14.1. The third-order valence-corrected chi connectivity index (χ3v) is 8.27. The summed E-state index contributed by atoms with van der Waals surface area (Å²) in [5, 5.41) is 11.7. The van der Waals surface area contributed by atoms with Crippen LogP contribution in [-0.2, 0) is 20.8 Å². The summed E-state index contributed by atoms with van der Waals surface area (Å²) in [4.78, 5) is 14.9. The normalized spacial score (nSPS) is 24.0. The van der Waals surface area contributed by atoms with Crippen molar-refractivity contribution < 1.29 is 46.1 Å². The maximum atomic E-state index is 14.1. The van der Waals surface area contributed by atoms with E-state index in [0.29, 0.717) is 18.7 Å². The molecule has 2 aliphatic rings. The van der Waals surface area contributed by atoms with Gasteiger partial charge in [0.2, 0.25) is 5.82 Å². The van der Waals surface area contributed by atoms with Crippen LogP contribution < -0.4 is 5.32 Å². The second kappa shape index (κ2) is 13.7. The van der Waals surface area contributed by atoms with E-state index in [4.69, 9.17) is 14.2 Å². The van der Waals surface area contributed by atoms with Gasteiger partial charge in [-0.1, -0.05) is 43.3 Å². The second-order valence-corrected chi connectivity index (χ2v) is 11.1. The standard InChI is InChI=1S/C32H33F5N2O5/c1-17-23(14-39-13-3-4-22(39)16-42-2)43-32(44-30(17)19-7-5-18(15-40)6-8-19)20-9-11-21(12-10-20)38-31(41)24-25(33)27(35)29(37)28(36)26(24)34/h5-12,17,22-23,30,32,40H,3-4,13-16H2,1-2H3,(H,38,41). The minimum atomic E-state index is -2.34. The van der Waals surface area contributed by atoms with Gasteiger partial charge in [-0.05, 0) is 42.6 Å². The summed E-state index contributed by atoms with van der Waals surface area (Å²) < 4.78 is 87.2. The first-order valence-corrected chi connectivity index (χ1v) is 14.3. The number of rotatable bonds is 9. The van der Waals surface area contributed by atoms with E-state index in [1.807, 2.05) is 24.3 Å². The van der Waals surface area contributed by atoms with Crippen molar-refractivity contribution in [2.75, 3.05) is 32.1 Å². The number of nitrogens with zero attached hydrogens (tertiary/aromatic N) is 1. The van der Waals surface area contributed by atoms with Crippen molar-refractivity contribution in [3.05, 3.63) is 99.9 Å². The first-order chi connectivity index (χ1) is 21.1. The number of carbonyl (C=O) groups is 1. The van der Waals surface area contributed by atoms with Gasteiger partial charge in [-0.2, -0.15) is 0 Å². The maximum Gasteiger partial charge on any atom is 0.261 e. The number of nitrogens with one attached hydrogen (secondary N) is 1. The molecule has 0 aromatic heterocycles. The lowest BCUT2D eigenvalue weighted by Gasteiger charge is -2.43. The van der Waals surface area contributed by atoms with Gasteiger partial charge in [-0.3, -0.25) is 9.69 Å². The van der Waals surface area contributed by atoms with E-state index in [0.717, 1.165) is 30.5 Å². The number of amides is 1. The van der Waals surface area contributed by atoms with Gasteiger partial charge in [-0.25, -0.2) is 22.0 Å². The molecule has 0 aliphatic carbocycles. The molecular formula is C32H33F5N2O5. The molecule has 7 nitrogen and oxygen atoms in total. The Morgan fingerprint density at radius 3 is 2.16 bits per heavy atom. The molecule has 5 unspecified atom stereocenters. The van der Waals surface area contributed by atoms with Gasteiger partial charge in [-0.15, -0.1) is 0 Å². The number of methoxy groups -OCH3 is 1. The summed E-state index contributed by atoms with van der Waals surface area (Å²) in [6.07, 6.45) is 0.673. The zero-order valence-electron chi connectivity index (χ0n) is 24.2. The van der Waals surface area contributed by atoms with Crippen LogP contribution in [0.5, 0.6) is 0 Å². The molecule has 0 bridgehead atoms. The fraction of sp³-hybridized carbons (Fsp3) is 0.406. The highest BCUT2D eigenvalue weighted by atomic mass is 19.2. The smallest absolute Gasteiger partial charge is 0.261 e. The number of halogens is 5. The predicted octanol–water partition coefficient (Wildman–Crippen LogP) is 6.03.